The van der Waals surface area contributed by atoms with E-state index in [-0.39, 0.29) is 18.9 Å². The molecule has 0 unspecified atom stereocenters. The minimum atomic E-state index is -0.989. The summed E-state index contributed by atoms with van der Waals surface area (Å²) in [5.41, 5.74) is 2.99. The van der Waals surface area contributed by atoms with Crippen molar-refractivity contribution < 1.29 is 19.1 Å². The van der Waals surface area contributed by atoms with Gasteiger partial charge >= 0.3 is 5.97 Å². The van der Waals surface area contributed by atoms with Crippen LogP contribution in [-0.2, 0) is 25.7 Å². The van der Waals surface area contributed by atoms with Crippen LogP contribution in [0.2, 0.25) is 0 Å². The summed E-state index contributed by atoms with van der Waals surface area (Å²) in [4.78, 5) is 38.1. The van der Waals surface area contributed by atoms with Crippen molar-refractivity contribution in [3.63, 3.8) is 0 Å². The molecular weight excluding hydrogens is 348 g/mol. The van der Waals surface area contributed by atoms with Gasteiger partial charge in [-0.05, 0) is 39.0 Å². The molecule has 1 aromatic carbocycles. The van der Waals surface area contributed by atoms with E-state index in [4.69, 9.17) is 4.74 Å². The first kappa shape index (κ1) is 18.6. The Balaban J connectivity index is 1.61. The van der Waals surface area contributed by atoms with Gasteiger partial charge in [0.05, 0.1) is 30.0 Å². The molecular formula is C19H22N4O4. The predicted octanol–water partition coefficient (Wildman–Crippen LogP) is 1.81. The van der Waals surface area contributed by atoms with E-state index in [1.54, 1.807) is 28.9 Å². The summed E-state index contributed by atoms with van der Waals surface area (Å²) in [6, 6.07) is 8.94. The summed E-state index contributed by atoms with van der Waals surface area (Å²) in [7, 11) is 0. The molecule has 0 bridgehead atoms. The maximum atomic E-state index is 12.7. The van der Waals surface area contributed by atoms with E-state index >= 15 is 0 Å². The second-order valence-electron chi connectivity index (χ2n) is 6.52. The summed E-state index contributed by atoms with van der Waals surface area (Å²) in [5.74, 6) is -1.21. The topological polar surface area (TPSA) is 93.5 Å². The zero-order valence-electron chi connectivity index (χ0n) is 15.6. The Kier molecular flexibility index (Phi) is 5.25. The van der Waals surface area contributed by atoms with E-state index in [0.29, 0.717) is 17.9 Å². The van der Waals surface area contributed by atoms with Gasteiger partial charge in [0.25, 0.3) is 5.91 Å². The summed E-state index contributed by atoms with van der Waals surface area (Å²) < 4.78 is 7.01. The minimum absolute atomic E-state index is 0.108. The SMILES string of the molecule is Cc1cc(C)n(CCC(=O)O[C@H](C)C(=O)N2CC(=O)Nc3ccccc32)n1. The molecule has 0 radical (unpaired) electrons. The van der Waals surface area contributed by atoms with Crippen molar-refractivity contribution in [1.82, 2.24) is 9.78 Å². The molecule has 1 atom stereocenters. The molecule has 3 rings (SSSR count). The van der Waals surface area contributed by atoms with Crippen molar-refractivity contribution in [2.45, 2.75) is 39.8 Å². The lowest BCUT2D eigenvalue weighted by Crippen LogP contribution is -2.47. The highest BCUT2D eigenvalue weighted by molar-refractivity contribution is 6.11. The number of carbonyl (C=O) groups excluding carboxylic acids is 3. The number of ether oxygens (including phenoxy) is 1. The first-order valence-electron chi connectivity index (χ1n) is 8.76. The predicted molar refractivity (Wildman–Crippen MR) is 99.3 cm³/mol. The number of benzene rings is 1. The number of hydrogen-bond donors (Lipinski definition) is 1. The van der Waals surface area contributed by atoms with E-state index in [1.165, 1.54) is 11.8 Å². The lowest BCUT2D eigenvalue weighted by Gasteiger charge is -2.30. The quantitative estimate of drug-likeness (QED) is 0.810. The molecule has 0 aliphatic carbocycles. The van der Waals surface area contributed by atoms with Gasteiger partial charge in [0.15, 0.2) is 6.10 Å². The van der Waals surface area contributed by atoms with Crippen molar-refractivity contribution in [2.24, 2.45) is 0 Å². The molecule has 8 nitrogen and oxygen atoms in total. The smallest absolute Gasteiger partial charge is 0.308 e. The Hall–Kier alpha value is -3.16. The second kappa shape index (κ2) is 7.61. The van der Waals surface area contributed by atoms with Crippen LogP contribution in [0.3, 0.4) is 0 Å². The lowest BCUT2D eigenvalue weighted by atomic mass is 10.1. The van der Waals surface area contributed by atoms with Crippen molar-refractivity contribution in [1.29, 1.82) is 0 Å². The molecule has 27 heavy (non-hydrogen) atoms. The highest BCUT2D eigenvalue weighted by Gasteiger charge is 2.31. The van der Waals surface area contributed by atoms with Crippen molar-refractivity contribution in [3.8, 4) is 0 Å². The van der Waals surface area contributed by atoms with E-state index in [2.05, 4.69) is 10.4 Å². The van der Waals surface area contributed by atoms with Crippen LogP contribution in [0.25, 0.3) is 0 Å². The summed E-state index contributed by atoms with van der Waals surface area (Å²) in [6.07, 6.45) is -0.881. The fraction of sp³-hybridized carbons (Fsp3) is 0.368. The van der Waals surface area contributed by atoms with Crippen LogP contribution in [0.5, 0.6) is 0 Å². The molecule has 2 amide bonds. The van der Waals surface area contributed by atoms with Crippen LogP contribution in [0.15, 0.2) is 30.3 Å². The first-order valence-corrected chi connectivity index (χ1v) is 8.76. The number of aryl methyl sites for hydroxylation is 3. The fourth-order valence-electron chi connectivity index (χ4n) is 3.05. The molecule has 8 heteroatoms. The van der Waals surface area contributed by atoms with Crippen molar-refractivity contribution in [3.05, 3.63) is 41.7 Å². The van der Waals surface area contributed by atoms with Crippen LogP contribution in [0.4, 0.5) is 11.4 Å². The van der Waals surface area contributed by atoms with E-state index in [1.807, 2.05) is 19.9 Å². The molecule has 2 aromatic rings. The van der Waals surface area contributed by atoms with Crippen molar-refractivity contribution in [2.75, 3.05) is 16.8 Å². The van der Waals surface area contributed by atoms with Crippen LogP contribution < -0.4 is 10.2 Å². The Bertz CT molecular complexity index is 890. The van der Waals surface area contributed by atoms with Gasteiger partial charge in [-0.25, -0.2) is 0 Å². The van der Waals surface area contributed by atoms with E-state index in [0.717, 1.165) is 11.4 Å². The third-order valence-corrected chi connectivity index (χ3v) is 4.32. The van der Waals surface area contributed by atoms with Crippen LogP contribution in [0, 0.1) is 13.8 Å². The molecule has 0 saturated heterocycles. The van der Waals surface area contributed by atoms with Gasteiger partial charge in [0.2, 0.25) is 5.91 Å². The minimum Gasteiger partial charge on any atom is -0.452 e. The number of anilines is 2. The second-order valence-corrected chi connectivity index (χ2v) is 6.52. The van der Waals surface area contributed by atoms with Gasteiger partial charge in [0, 0.05) is 5.69 Å². The van der Waals surface area contributed by atoms with Gasteiger partial charge in [0.1, 0.15) is 6.54 Å². The molecule has 142 valence electrons. The average Bonchev–Trinajstić information content (AvgIpc) is 2.95. The monoisotopic (exact) mass is 370 g/mol. The number of para-hydroxylation sites is 2. The Morgan fingerprint density at radius 1 is 1.30 bits per heavy atom. The van der Waals surface area contributed by atoms with Gasteiger partial charge in [-0.3, -0.25) is 24.0 Å². The summed E-state index contributed by atoms with van der Waals surface area (Å²) in [5, 5.41) is 7.01. The Morgan fingerprint density at radius 2 is 2.04 bits per heavy atom. The molecule has 1 aliphatic heterocycles. The first-order chi connectivity index (χ1) is 12.8. The van der Waals surface area contributed by atoms with Crippen molar-refractivity contribution >= 4 is 29.2 Å². The zero-order chi connectivity index (χ0) is 19.6. The highest BCUT2D eigenvalue weighted by Crippen LogP contribution is 2.29. The number of fused-ring (bicyclic) bond motifs is 1. The number of hydrogen-bond acceptors (Lipinski definition) is 5. The number of rotatable bonds is 5. The molecule has 2 heterocycles. The average molecular weight is 370 g/mol. The largest absolute Gasteiger partial charge is 0.452 e. The van der Waals surface area contributed by atoms with Gasteiger partial charge in [-0.2, -0.15) is 5.10 Å². The molecule has 1 N–H and O–H groups in total. The summed E-state index contributed by atoms with van der Waals surface area (Å²) in [6.45, 7) is 5.59. The van der Waals surface area contributed by atoms with Gasteiger partial charge < -0.3 is 10.1 Å². The molecule has 1 aromatic heterocycles. The normalized spacial score (nSPS) is 14.3. The summed E-state index contributed by atoms with van der Waals surface area (Å²) >= 11 is 0. The fourth-order valence-corrected chi connectivity index (χ4v) is 3.05. The number of nitrogens with one attached hydrogen (secondary N) is 1. The maximum Gasteiger partial charge on any atom is 0.308 e. The molecule has 0 spiro atoms. The Labute approximate surface area is 157 Å². The standard InChI is InChI=1S/C19H22N4O4/c1-12-10-13(2)23(21-12)9-8-18(25)27-14(3)19(26)22-11-17(24)20-15-6-4-5-7-16(15)22/h4-7,10,14H,8-9,11H2,1-3H3,(H,20,24)/t14-/m1/s1. The number of nitrogens with zero attached hydrogens (tertiary/aromatic N) is 3. The van der Waals surface area contributed by atoms with Crippen LogP contribution >= 0.6 is 0 Å². The van der Waals surface area contributed by atoms with Gasteiger partial charge in [-0.1, -0.05) is 12.1 Å². The van der Waals surface area contributed by atoms with Gasteiger partial charge in [-0.15, -0.1) is 0 Å². The van der Waals surface area contributed by atoms with Crippen LogP contribution in [0.1, 0.15) is 24.7 Å². The van der Waals surface area contributed by atoms with Crippen LogP contribution in [-0.4, -0.2) is 40.2 Å². The number of carbonyl (C=O) groups is 3. The number of aromatic nitrogens is 2. The molecule has 0 fully saturated rings. The van der Waals surface area contributed by atoms with E-state index < -0.39 is 18.0 Å². The molecule has 1 aliphatic rings. The Morgan fingerprint density at radius 3 is 2.74 bits per heavy atom. The third kappa shape index (κ3) is 4.16. The highest BCUT2D eigenvalue weighted by atomic mass is 16.5. The lowest BCUT2D eigenvalue weighted by molar-refractivity contribution is -0.154. The maximum absolute atomic E-state index is 12.7. The number of esters is 1. The number of amides is 2. The van der Waals surface area contributed by atoms with E-state index in [9.17, 15) is 14.4 Å². The molecule has 0 saturated carbocycles. The third-order valence-electron chi connectivity index (χ3n) is 4.32. The zero-order valence-corrected chi connectivity index (χ0v) is 15.6.